The maximum absolute atomic E-state index is 12.4. The van der Waals surface area contributed by atoms with Gasteiger partial charge >= 0.3 is 6.03 Å². The van der Waals surface area contributed by atoms with Gasteiger partial charge in [-0.05, 0) is 12.8 Å². The van der Waals surface area contributed by atoms with Crippen molar-refractivity contribution in [3.8, 4) is 0 Å². The molecule has 23 heavy (non-hydrogen) atoms. The highest BCUT2D eigenvalue weighted by Crippen LogP contribution is 2.34. The fraction of sp³-hybridized carbons (Fsp3) is 0.615. The number of nitrogens with zero attached hydrogens (tertiary/aromatic N) is 3. The maximum Gasteiger partial charge on any atom is 0.325 e. The van der Waals surface area contributed by atoms with Crippen LogP contribution in [0, 0.1) is 0 Å². The van der Waals surface area contributed by atoms with Crippen LogP contribution < -0.4 is 10.6 Å². The molecule has 0 radical (unpaired) electrons. The van der Waals surface area contributed by atoms with Crippen molar-refractivity contribution >= 4 is 34.3 Å². The van der Waals surface area contributed by atoms with Crippen molar-refractivity contribution in [3.05, 3.63) is 5.01 Å². The number of urea groups is 1. The standard InChI is InChI=1S/C13H17N5O4S/c1-22-7-9-16-17-11(23-9)14-8(19)6-18-10(20)13(15-12(18)21)4-2-3-5-13/h2-7H2,1H3,(H,15,21)(H,14,17,19). The van der Waals surface area contributed by atoms with Crippen molar-refractivity contribution in [2.24, 2.45) is 0 Å². The first kappa shape index (κ1) is 15.8. The van der Waals surface area contributed by atoms with Crippen molar-refractivity contribution < 1.29 is 19.1 Å². The molecule has 0 atom stereocenters. The number of nitrogens with one attached hydrogen (secondary N) is 2. The summed E-state index contributed by atoms with van der Waals surface area (Å²) in [5, 5.41) is 13.9. The average molecular weight is 339 g/mol. The zero-order valence-electron chi connectivity index (χ0n) is 12.6. The van der Waals surface area contributed by atoms with Gasteiger partial charge in [0.1, 0.15) is 23.7 Å². The summed E-state index contributed by atoms with van der Waals surface area (Å²) in [5.74, 6) is -0.795. The third-order valence-corrected chi connectivity index (χ3v) is 4.80. The van der Waals surface area contributed by atoms with Crippen LogP contribution in [0.3, 0.4) is 0 Å². The van der Waals surface area contributed by atoms with Crippen molar-refractivity contribution in [1.29, 1.82) is 0 Å². The molecule has 2 fully saturated rings. The number of rotatable bonds is 5. The summed E-state index contributed by atoms with van der Waals surface area (Å²) in [4.78, 5) is 37.5. The second kappa shape index (κ2) is 6.20. The van der Waals surface area contributed by atoms with E-state index in [2.05, 4.69) is 20.8 Å². The summed E-state index contributed by atoms with van der Waals surface area (Å²) < 4.78 is 4.92. The van der Waals surface area contributed by atoms with Crippen LogP contribution in [-0.2, 0) is 20.9 Å². The molecule has 2 N–H and O–H groups in total. The summed E-state index contributed by atoms with van der Waals surface area (Å²) in [6.45, 7) is -0.0192. The third-order valence-electron chi connectivity index (χ3n) is 3.99. The molecule has 0 unspecified atom stereocenters. The molecule has 4 amide bonds. The Morgan fingerprint density at radius 2 is 2.13 bits per heavy atom. The summed E-state index contributed by atoms with van der Waals surface area (Å²) in [5.41, 5.74) is -0.800. The zero-order chi connectivity index (χ0) is 16.4. The number of anilines is 1. The van der Waals surface area contributed by atoms with E-state index in [1.807, 2.05) is 0 Å². The Balaban J connectivity index is 1.61. The number of amides is 4. The van der Waals surface area contributed by atoms with E-state index < -0.39 is 17.5 Å². The molecule has 1 aliphatic heterocycles. The first-order valence-electron chi connectivity index (χ1n) is 7.29. The molecule has 1 aromatic heterocycles. The minimum absolute atomic E-state index is 0.309. The Hall–Kier alpha value is -2.07. The number of hydrogen-bond acceptors (Lipinski definition) is 7. The van der Waals surface area contributed by atoms with Crippen LogP contribution in [0.4, 0.5) is 9.93 Å². The fourth-order valence-electron chi connectivity index (χ4n) is 2.93. The van der Waals surface area contributed by atoms with Crippen LogP contribution in [0.1, 0.15) is 30.7 Å². The van der Waals surface area contributed by atoms with Gasteiger partial charge in [0.15, 0.2) is 0 Å². The fourth-order valence-corrected chi connectivity index (χ4v) is 3.65. The number of hydrogen-bond donors (Lipinski definition) is 2. The highest BCUT2D eigenvalue weighted by Gasteiger charge is 2.52. The molecule has 0 aromatic carbocycles. The molecule has 10 heteroatoms. The van der Waals surface area contributed by atoms with Gasteiger partial charge in [0.2, 0.25) is 11.0 Å². The monoisotopic (exact) mass is 339 g/mol. The van der Waals surface area contributed by atoms with Crippen LogP contribution in [0.5, 0.6) is 0 Å². The molecule has 3 rings (SSSR count). The molecule has 2 heterocycles. The van der Waals surface area contributed by atoms with Gasteiger partial charge in [-0.2, -0.15) is 0 Å². The molecule has 1 aliphatic carbocycles. The van der Waals surface area contributed by atoms with Gasteiger partial charge in [-0.1, -0.05) is 24.2 Å². The van der Waals surface area contributed by atoms with E-state index >= 15 is 0 Å². The van der Waals surface area contributed by atoms with Crippen molar-refractivity contribution in [1.82, 2.24) is 20.4 Å². The van der Waals surface area contributed by atoms with E-state index in [9.17, 15) is 14.4 Å². The molecular formula is C13H17N5O4S. The number of carbonyl (C=O) groups is 3. The normalized spacial score (nSPS) is 19.4. The van der Waals surface area contributed by atoms with E-state index in [1.165, 1.54) is 18.4 Å². The Bertz CT molecular complexity index is 640. The number of ether oxygens (including phenoxy) is 1. The SMILES string of the molecule is COCc1nnc(NC(=O)CN2C(=O)NC3(CCCC3)C2=O)s1. The van der Waals surface area contributed by atoms with Gasteiger partial charge in [0.05, 0.1) is 0 Å². The largest absolute Gasteiger partial charge is 0.377 e. The highest BCUT2D eigenvalue weighted by atomic mass is 32.1. The molecule has 9 nitrogen and oxygen atoms in total. The summed E-state index contributed by atoms with van der Waals surface area (Å²) in [6.07, 6.45) is 3.07. The number of aromatic nitrogens is 2. The van der Waals surface area contributed by atoms with Crippen molar-refractivity contribution in [2.45, 2.75) is 37.8 Å². The number of imide groups is 1. The van der Waals surface area contributed by atoms with Gasteiger partial charge < -0.3 is 10.1 Å². The molecule has 1 spiro atoms. The molecule has 124 valence electrons. The zero-order valence-corrected chi connectivity index (χ0v) is 13.4. The van der Waals surface area contributed by atoms with E-state index in [0.717, 1.165) is 17.7 Å². The van der Waals surface area contributed by atoms with Crippen LogP contribution in [0.15, 0.2) is 0 Å². The number of methoxy groups -OCH3 is 1. The number of carbonyl (C=O) groups excluding carboxylic acids is 3. The van der Waals surface area contributed by atoms with E-state index in [0.29, 0.717) is 29.6 Å². The van der Waals surface area contributed by atoms with Crippen LogP contribution in [0.25, 0.3) is 0 Å². The lowest BCUT2D eigenvalue weighted by Crippen LogP contribution is -2.44. The molecule has 1 aromatic rings. The molecule has 0 bridgehead atoms. The first-order chi connectivity index (χ1) is 11.0. The average Bonchev–Trinajstić information content (AvgIpc) is 3.19. The van der Waals surface area contributed by atoms with E-state index in [1.54, 1.807) is 0 Å². The second-order valence-corrected chi connectivity index (χ2v) is 6.65. The summed E-state index contributed by atoms with van der Waals surface area (Å²) in [6, 6.07) is -0.510. The van der Waals surface area contributed by atoms with Crippen LogP contribution >= 0.6 is 11.3 Å². The molecule has 1 saturated heterocycles. The Labute approximate surface area is 136 Å². The first-order valence-corrected chi connectivity index (χ1v) is 8.11. The molecular weight excluding hydrogens is 322 g/mol. The third kappa shape index (κ3) is 3.04. The van der Waals surface area contributed by atoms with E-state index in [4.69, 9.17) is 4.74 Å². The lowest BCUT2D eigenvalue weighted by molar-refractivity contribution is -0.133. The Kier molecular flexibility index (Phi) is 4.26. The lowest BCUT2D eigenvalue weighted by atomic mass is 9.98. The van der Waals surface area contributed by atoms with Crippen LogP contribution in [0.2, 0.25) is 0 Å². The lowest BCUT2D eigenvalue weighted by Gasteiger charge is -2.19. The molecule has 1 saturated carbocycles. The van der Waals surface area contributed by atoms with E-state index in [-0.39, 0.29) is 12.5 Å². The second-order valence-electron chi connectivity index (χ2n) is 5.59. The minimum atomic E-state index is -0.800. The summed E-state index contributed by atoms with van der Waals surface area (Å²) in [7, 11) is 1.54. The topological polar surface area (TPSA) is 114 Å². The smallest absolute Gasteiger partial charge is 0.325 e. The Morgan fingerprint density at radius 1 is 1.39 bits per heavy atom. The minimum Gasteiger partial charge on any atom is -0.377 e. The maximum atomic E-state index is 12.4. The van der Waals surface area contributed by atoms with Gasteiger partial charge in [-0.15, -0.1) is 10.2 Å². The predicted octanol–water partition coefficient (Wildman–Crippen LogP) is 0.488. The quantitative estimate of drug-likeness (QED) is 0.755. The predicted molar refractivity (Wildman–Crippen MR) is 80.7 cm³/mol. The van der Waals surface area contributed by atoms with Crippen molar-refractivity contribution in [2.75, 3.05) is 19.0 Å². The Morgan fingerprint density at radius 3 is 2.83 bits per heavy atom. The molecule has 2 aliphatic rings. The summed E-state index contributed by atoms with van der Waals surface area (Å²) >= 11 is 1.18. The van der Waals surface area contributed by atoms with Crippen molar-refractivity contribution in [3.63, 3.8) is 0 Å². The van der Waals surface area contributed by atoms with Gasteiger partial charge in [0, 0.05) is 7.11 Å². The van der Waals surface area contributed by atoms with Gasteiger partial charge in [0.25, 0.3) is 5.91 Å². The van der Waals surface area contributed by atoms with Crippen LogP contribution in [-0.4, -0.2) is 52.1 Å². The highest BCUT2D eigenvalue weighted by molar-refractivity contribution is 7.15. The van der Waals surface area contributed by atoms with Gasteiger partial charge in [-0.3, -0.25) is 19.8 Å². The van der Waals surface area contributed by atoms with Gasteiger partial charge in [-0.25, -0.2) is 4.79 Å².